The third kappa shape index (κ3) is 2.51. The molecule has 2 atom stereocenters. The van der Waals surface area contributed by atoms with Crippen LogP contribution >= 0.6 is 0 Å². The minimum atomic E-state index is 0.0889. The minimum absolute atomic E-state index is 0.0889. The second kappa shape index (κ2) is 3.86. The number of ketones is 2. The second-order valence-corrected chi connectivity index (χ2v) is 3.98. The van der Waals surface area contributed by atoms with Crippen LogP contribution in [0.3, 0.4) is 0 Å². The second-order valence-electron chi connectivity index (χ2n) is 3.98. The Morgan fingerprint density at radius 1 is 1.38 bits per heavy atom. The third-order valence-corrected chi connectivity index (χ3v) is 2.72. The molecular weight excluding hydrogens is 164 g/mol. The molecule has 1 fully saturated rings. The van der Waals surface area contributed by atoms with Crippen LogP contribution in [0.4, 0.5) is 0 Å². The Hall–Kier alpha value is -0.920. The standard InChI is InChI=1S/C11H16O2/c1-7-4-11(9(3)13)6-10(7)5-8(2)12/h5,7,11H,4,6H2,1-3H3/b10-5-. The monoisotopic (exact) mass is 180 g/mol. The SMILES string of the molecule is CC(=O)/C=C1/CC(C(C)=O)CC1C. The lowest BCUT2D eigenvalue weighted by Gasteiger charge is -2.01. The highest BCUT2D eigenvalue weighted by Crippen LogP contribution is 2.35. The molecule has 0 saturated heterocycles. The lowest BCUT2D eigenvalue weighted by Crippen LogP contribution is -2.05. The van der Waals surface area contributed by atoms with Gasteiger partial charge in [0, 0.05) is 5.92 Å². The van der Waals surface area contributed by atoms with E-state index in [0.29, 0.717) is 5.92 Å². The molecule has 0 amide bonds. The highest BCUT2D eigenvalue weighted by atomic mass is 16.1. The van der Waals surface area contributed by atoms with Crippen molar-refractivity contribution in [3.63, 3.8) is 0 Å². The molecule has 13 heavy (non-hydrogen) atoms. The lowest BCUT2D eigenvalue weighted by atomic mass is 10.0. The van der Waals surface area contributed by atoms with Gasteiger partial charge < -0.3 is 0 Å². The Kier molecular flexibility index (Phi) is 3.02. The molecule has 1 aliphatic rings. The minimum Gasteiger partial charge on any atom is -0.300 e. The summed E-state index contributed by atoms with van der Waals surface area (Å²) in [6.45, 7) is 5.27. The van der Waals surface area contributed by atoms with E-state index in [4.69, 9.17) is 0 Å². The quantitative estimate of drug-likeness (QED) is 0.610. The van der Waals surface area contributed by atoms with Gasteiger partial charge in [0.1, 0.15) is 5.78 Å². The molecule has 0 aromatic heterocycles. The van der Waals surface area contributed by atoms with E-state index in [-0.39, 0.29) is 17.5 Å². The van der Waals surface area contributed by atoms with Gasteiger partial charge in [-0.2, -0.15) is 0 Å². The highest BCUT2D eigenvalue weighted by Gasteiger charge is 2.28. The molecule has 0 bridgehead atoms. The maximum Gasteiger partial charge on any atom is 0.152 e. The fourth-order valence-electron chi connectivity index (χ4n) is 1.92. The summed E-state index contributed by atoms with van der Waals surface area (Å²) < 4.78 is 0. The van der Waals surface area contributed by atoms with Crippen LogP contribution in [0.2, 0.25) is 0 Å². The zero-order chi connectivity index (χ0) is 10.0. The van der Waals surface area contributed by atoms with E-state index in [1.54, 1.807) is 19.9 Å². The summed E-state index contributed by atoms with van der Waals surface area (Å²) in [5.74, 6) is 0.892. The molecule has 0 N–H and O–H groups in total. The van der Waals surface area contributed by atoms with Gasteiger partial charge in [-0.15, -0.1) is 0 Å². The van der Waals surface area contributed by atoms with E-state index in [1.165, 1.54) is 0 Å². The van der Waals surface area contributed by atoms with Crippen LogP contribution in [0, 0.1) is 11.8 Å². The van der Waals surface area contributed by atoms with Crippen molar-refractivity contribution in [2.75, 3.05) is 0 Å². The van der Waals surface area contributed by atoms with Gasteiger partial charge in [0.05, 0.1) is 0 Å². The summed E-state index contributed by atoms with van der Waals surface area (Å²) in [7, 11) is 0. The van der Waals surface area contributed by atoms with Crippen molar-refractivity contribution in [2.45, 2.75) is 33.6 Å². The average molecular weight is 180 g/mol. The maximum atomic E-state index is 11.1. The van der Waals surface area contributed by atoms with E-state index in [1.807, 2.05) is 0 Å². The molecule has 0 aliphatic heterocycles. The molecular formula is C11H16O2. The van der Waals surface area contributed by atoms with E-state index in [0.717, 1.165) is 18.4 Å². The summed E-state index contributed by atoms with van der Waals surface area (Å²) >= 11 is 0. The van der Waals surface area contributed by atoms with Gasteiger partial charge in [-0.1, -0.05) is 12.5 Å². The number of rotatable bonds is 2. The molecule has 1 aliphatic carbocycles. The molecule has 2 unspecified atom stereocenters. The zero-order valence-corrected chi connectivity index (χ0v) is 8.46. The van der Waals surface area contributed by atoms with Gasteiger partial charge in [0.15, 0.2) is 5.78 Å². The number of hydrogen-bond acceptors (Lipinski definition) is 2. The topological polar surface area (TPSA) is 34.1 Å². The summed E-state index contributed by atoms with van der Waals surface area (Å²) in [6, 6.07) is 0. The van der Waals surface area contributed by atoms with E-state index in [9.17, 15) is 9.59 Å². The van der Waals surface area contributed by atoms with Crippen molar-refractivity contribution >= 4 is 11.6 Å². The Labute approximate surface area is 79.0 Å². The van der Waals surface area contributed by atoms with Gasteiger partial charge in [-0.3, -0.25) is 9.59 Å². The van der Waals surface area contributed by atoms with Gasteiger partial charge >= 0.3 is 0 Å². The van der Waals surface area contributed by atoms with Gasteiger partial charge in [-0.05, 0) is 38.7 Å². The maximum absolute atomic E-state index is 11.1. The normalized spacial score (nSPS) is 30.8. The predicted molar refractivity (Wildman–Crippen MR) is 51.3 cm³/mol. The van der Waals surface area contributed by atoms with Crippen LogP contribution in [0.15, 0.2) is 11.6 Å². The van der Waals surface area contributed by atoms with Crippen molar-refractivity contribution in [3.8, 4) is 0 Å². The van der Waals surface area contributed by atoms with Gasteiger partial charge in [0.2, 0.25) is 0 Å². The largest absolute Gasteiger partial charge is 0.300 e. The number of hydrogen-bond donors (Lipinski definition) is 0. The number of allylic oxidation sites excluding steroid dienone is 2. The molecule has 0 spiro atoms. The van der Waals surface area contributed by atoms with Crippen molar-refractivity contribution in [2.24, 2.45) is 11.8 Å². The molecule has 1 saturated carbocycles. The lowest BCUT2D eigenvalue weighted by molar-refractivity contribution is -0.120. The van der Waals surface area contributed by atoms with Crippen LogP contribution in [0.25, 0.3) is 0 Å². The number of Topliss-reactive ketones (excluding diaryl/α,β-unsaturated/α-hetero) is 1. The Morgan fingerprint density at radius 2 is 2.00 bits per heavy atom. The first-order valence-electron chi connectivity index (χ1n) is 4.72. The third-order valence-electron chi connectivity index (χ3n) is 2.72. The van der Waals surface area contributed by atoms with Gasteiger partial charge in [0.25, 0.3) is 0 Å². The predicted octanol–water partition coefficient (Wildman–Crippen LogP) is 2.14. The van der Waals surface area contributed by atoms with E-state index >= 15 is 0 Å². The smallest absolute Gasteiger partial charge is 0.152 e. The Morgan fingerprint density at radius 3 is 2.38 bits per heavy atom. The first kappa shape index (κ1) is 10.2. The van der Waals surface area contributed by atoms with Crippen molar-refractivity contribution in [1.29, 1.82) is 0 Å². The van der Waals surface area contributed by atoms with Crippen molar-refractivity contribution in [1.82, 2.24) is 0 Å². The first-order valence-corrected chi connectivity index (χ1v) is 4.72. The Bertz CT molecular complexity index is 263. The molecule has 72 valence electrons. The van der Waals surface area contributed by atoms with Crippen LogP contribution in [0.5, 0.6) is 0 Å². The summed E-state index contributed by atoms with van der Waals surface area (Å²) in [5.41, 5.74) is 1.15. The van der Waals surface area contributed by atoms with E-state index < -0.39 is 0 Å². The summed E-state index contributed by atoms with van der Waals surface area (Å²) in [5, 5.41) is 0. The number of carbonyl (C=O) groups is 2. The molecule has 1 rings (SSSR count). The zero-order valence-electron chi connectivity index (χ0n) is 8.46. The summed E-state index contributed by atoms with van der Waals surface area (Å²) in [4.78, 5) is 22.0. The summed E-state index contributed by atoms with van der Waals surface area (Å²) in [6.07, 6.45) is 3.39. The van der Waals surface area contributed by atoms with Crippen molar-refractivity contribution in [3.05, 3.63) is 11.6 Å². The molecule has 0 aromatic rings. The fourth-order valence-corrected chi connectivity index (χ4v) is 1.92. The molecule has 0 aromatic carbocycles. The van der Waals surface area contributed by atoms with Crippen molar-refractivity contribution < 1.29 is 9.59 Å². The van der Waals surface area contributed by atoms with Gasteiger partial charge in [-0.25, -0.2) is 0 Å². The Balaban J connectivity index is 2.72. The van der Waals surface area contributed by atoms with E-state index in [2.05, 4.69) is 6.92 Å². The van der Waals surface area contributed by atoms with Crippen LogP contribution in [-0.2, 0) is 9.59 Å². The fraction of sp³-hybridized carbons (Fsp3) is 0.636. The van der Waals surface area contributed by atoms with Crippen LogP contribution in [0.1, 0.15) is 33.6 Å². The molecule has 2 heteroatoms. The molecule has 0 heterocycles. The molecule has 2 nitrogen and oxygen atoms in total. The first-order chi connectivity index (χ1) is 6.00. The number of carbonyl (C=O) groups excluding carboxylic acids is 2. The van der Waals surface area contributed by atoms with Crippen LogP contribution in [-0.4, -0.2) is 11.6 Å². The molecule has 0 radical (unpaired) electrons. The highest BCUT2D eigenvalue weighted by molar-refractivity contribution is 5.88. The van der Waals surface area contributed by atoms with Crippen LogP contribution < -0.4 is 0 Å². The average Bonchev–Trinajstić information content (AvgIpc) is 2.31.